The average molecular weight is 623 g/mol. The van der Waals surface area contributed by atoms with Crippen molar-refractivity contribution in [1.29, 1.82) is 0 Å². The predicted molar refractivity (Wildman–Crippen MR) is 164 cm³/mol. The van der Waals surface area contributed by atoms with Crippen molar-refractivity contribution in [3.05, 3.63) is 57.6 Å². The average Bonchev–Trinajstić information content (AvgIpc) is 2.65. The van der Waals surface area contributed by atoms with Gasteiger partial charge in [0.15, 0.2) is 0 Å². The first-order chi connectivity index (χ1) is 17.4. The second kappa shape index (κ2) is 13.1. The Kier molecular flexibility index (Phi) is 12.7. The predicted octanol–water partition coefficient (Wildman–Crippen LogP) is 5.68. The van der Waals surface area contributed by atoms with Crippen LogP contribution in [0.5, 0.6) is 11.5 Å². The van der Waals surface area contributed by atoms with Crippen molar-refractivity contribution in [2.75, 3.05) is 0 Å². The molecule has 2 aromatic carbocycles. The number of aromatic hydroxyl groups is 2. The molecule has 2 rings (SSSR count). The van der Waals surface area contributed by atoms with E-state index in [1.807, 2.05) is 83.1 Å². The SMILES string of the molecule is CC(C)(C)c1cc(CS(=O)(=O)[O-])cc(C(C)(C)C)c1O.CC(C)(C)c1cc(CS(=O)(=O)[O-])cc(C(C)(C)C)c1O.[Mg+2]. The standard InChI is InChI=1S/2C15H24O4S.Mg/c2*1-14(2,3)11-7-10(9-20(17,18)19)8-12(13(11)16)15(4,5)6;/h2*7-8,16H,9H2,1-6H3,(H,17,18,19);/q;;+2/p-2. The van der Waals surface area contributed by atoms with Gasteiger partial charge in [0, 0.05) is 0 Å². The van der Waals surface area contributed by atoms with E-state index in [1.54, 1.807) is 24.3 Å². The van der Waals surface area contributed by atoms with Gasteiger partial charge in [-0.2, -0.15) is 0 Å². The summed E-state index contributed by atoms with van der Waals surface area (Å²) < 4.78 is 65.9. The third-order valence-corrected chi connectivity index (χ3v) is 7.63. The number of phenols is 2. The molecule has 0 spiro atoms. The third kappa shape index (κ3) is 12.4. The summed E-state index contributed by atoms with van der Waals surface area (Å²) in [6.07, 6.45) is 0. The number of rotatable bonds is 4. The molecule has 0 radical (unpaired) electrons. The van der Waals surface area contributed by atoms with Gasteiger partial charge in [0.1, 0.15) is 11.5 Å². The molecule has 2 aromatic rings. The Morgan fingerprint density at radius 3 is 0.805 bits per heavy atom. The van der Waals surface area contributed by atoms with Crippen LogP contribution in [0.25, 0.3) is 0 Å². The van der Waals surface area contributed by atoms with Gasteiger partial charge < -0.3 is 19.3 Å². The van der Waals surface area contributed by atoms with Crippen molar-refractivity contribution < 1.29 is 36.2 Å². The number of phenolic OH excluding ortho intramolecular Hbond substituents is 2. The molecule has 0 aliphatic heterocycles. The molecule has 2 N–H and O–H groups in total. The summed E-state index contributed by atoms with van der Waals surface area (Å²) in [7, 11) is -8.69. The van der Waals surface area contributed by atoms with Crippen LogP contribution in [0.2, 0.25) is 0 Å². The van der Waals surface area contributed by atoms with Crippen LogP contribution in [0.3, 0.4) is 0 Å². The minimum Gasteiger partial charge on any atom is -0.748 e. The van der Waals surface area contributed by atoms with E-state index in [-0.39, 0.29) is 56.2 Å². The van der Waals surface area contributed by atoms with Crippen LogP contribution in [0.1, 0.15) is 116 Å². The Bertz CT molecular complexity index is 1250. The first-order valence-electron chi connectivity index (χ1n) is 13.0. The fourth-order valence-corrected chi connectivity index (χ4v) is 5.40. The van der Waals surface area contributed by atoms with Crippen LogP contribution >= 0.6 is 0 Å². The van der Waals surface area contributed by atoms with E-state index in [0.717, 1.165) is 0 Å². The number of benzene rings is 2. The van der Waals surface area contributed by atoms with E-state index in [9.17, 15) is 36.2 Å². The summed E-state index contributed by atoms with van der Waals surface area (Å²) in [5.41, 5.74) is 2.11. The first kappa shape index (κ1) is 39.6. The minimum atomic E-state index is -4.35. The smallest absolute Gasteiger partial charge is 0.748 e. The van der Waals surface area contributed by atoms with Crippen molar-refractivity contribution in [3.8, 4) is 11.5 Å². The molecule has 0 aliphatic rings. The normalized spacial score (nSPS) is 13.2. The van der Waals surface area contributed by atoms with E-state index >= 15 is 0 Å². The van der Waals surface area contributed by atoms with Gasteiger partial charge in [-0.25, -0.2) is 16.8 Å². The molecule has 228 valence electrons. The minimum absolute atomic E-state index is 0. The zero-order valence-corrected chi connectivity index (χ0v) is 29.6. The topological polar surface area (TPSA) is 155 Å². The second-order valence-electron chi connectivity index (χ2n) is 14.5. The molecular formula is C30H46MgO8S2. The van der Waals surface area contributed by atoms with Gasteiger partial charge >= 0.3 is 23.1 Å². The van der Waals surface area contributed by atoms with Crippen LogP contribution in [-0.4, -0.2) is 59.2 Å². The zero-order valence-electron chi connectivity index (χ0n) is 26.6. The number of hydrogen-bond acceptors (Lipinski definition) is 8. The molecule has 0 amide bonds. The summed E-state index contributed by atoms with van der Waals surface area (Å²) >= 11 is 0. The molecular weight excluding hydrogens is 577 g/mol. The summed E-state index contributed by atoms with van der Waals surface area (Å²) in [5.74, 6) is -0.757. The van der Waals surface area contributed by atoms with Crippen LogP contribution in [0.4, 0.5) is 0 Å². The van der Waals surface area contributed by atoms with Crippen molar-refractivity contribution >= 4 is 43.3 Å². The molecule has 0 fully saturated rings. The third-order valence-electron chi connectivity index (χ3n) is 6.26. The molecule has 0 bridgehead atoms. The van der Waals surface area contributed by atoms with Crippen molar-refractivity contribution in [2.24, 2.45) is 0 Å². The van der Waals surface area contributed by atoms with Gasteiger partial charge in [-0.15, -0.1) is 0 Å². The Hall–Kier alpha value is -1.37. The molecule has 0 unspecified atom stereocenters. The van der Waals surface area contributed by atoms with Gasteiger partial charge in [-0.1, -0.05) is 107 Å². The Morgan fingerprint density at radius 1 is 0.512 bits per heavy atom. The zero-order chi connectivity index (χ0) is 31.9. The Morgan fingerprint density at radius 2 is 0.683 bits per heavy atom. The van der Waals surface area contributed by atoms with Gasteiger partial charge in [-0.3, -0.25) is 0 Å². The molecule has 0 aromatic heterocycles. The molecule has 11 heteroatoms. The summed E-state index contributed by atoms with van der Waals surface area (Å²) in [4.78, 5) is 0. The maximum atomic E-state index is 11.0. The van der Waals surface area contributed by atoms with Crippen LogP contribution in [-0.2, 0) is 53.4 Å². The maximum absolute atomic E-state index is 11.0. The van der Waals surface area contributed by atoms with E-state index in [4.69, 9.17) is 0 Å². The second-order valence-corrected chi connectivity index (χ2v) is 17.3. The quantitative estimate of drug-likeness (QED) is 0.326. The van der Waals surface area contributed by atoms with Crippen molar-refractivity contribution in [1.82, 2.24) is 0 Å². The fraction of sp³-hybridized carbons (Fsp3) is 0.600. The molecule has 41 heavy (non-hydrogen) atoms. The van der Waals surface area contributed by atoms with Gasteiger partial charge in [0.25, 0.3) is 0 Å². The van der Waals surface area contributed by atoms with E-state index in [2.05, 4.69) is 0 Å². The van der Waals surface area contributed by atoms with Crippen LogP contribution < -0.4 is 0 Å². The van der Waals surface area contributed by atoms with Gasteiger partial charge in [-0.05, 0) is 55.0 Å². The fourth-order valence-electron chi connectivity index (χ4n) is 4.25. The van der Waals surface area contributed by atoms with Crippen LogP contribution in [0, 0.1) is 0 Å². The maximum Gasteiger partial charge on any atom is 2.00 e. The molecule has 0 atom stereocenters. The Balaban J connectivity index is 0.000000762. The van der Waals surface area contributed by atoms with Gasteiger partial charge in [0.2, 0.25) is 0 Å². The largest absolute Gasteiger partial charge is 2.00 e. The van der Waals surface area contributed by atoms with Gasteiger partial charge in [0.05, 0.1) is 31.7 Å². The molecule has 8 nitrogen and oxygen atoms in total. The van der Waals surface area contributed by atoms with Crippen molar-refractivity contribution in [2.45, 2.75) is 116 Å². The van der Waals surface area contributed by atoms with Crippen molar-refractivity contribution in [3.63, 3.8) is 0 Å². The van der Waals surface area contributed by atoms with Crippen LogP contribution in [0.15, 0.2) is 24.3 Å². The molecule has 0 heterocycles. The van der Waals surface area contributed by atoms with E-state index in [0.29, 0.717) is 33.4 Å². The van der Waals surface area contributed by atoms with E-state index < -0.39 is 31.7 Å². The first-order valence-corrected chi connectivity index (χ1v) is 16.2. The number of hydrogen-bond donors (Lipinski definition) is 2. The monoisotopic (exact) mass is 622 g/mol. The molecule has 0 saturated heterocycles. The van der Waals surface area contributed by atoms with E-state index in [1.165, 1.54) is 0 Å². The Labute approximate surface area is 263 Å². The summed E-state index contributed by atoms with van der Waals surface area (Å²) in [6, 6.07) is 6.44. The molecule has 0 saturated carbocycles. The summed E-state index contributed by atoms with van der Waals surface area (Å²) in [6.45, 7) is 23.2. The summed E-state index contributed by atoms with van der Waals surface area (Å²) in [5, 5.41) is 20.9. The molecule has 0 aliphatic carbocycles.